The Morgan fingerprint density at radius 1 is 0.944 bits per heavy atom. The summed E-state index contributed by atoms with van der Waals surface area (Å²) in [4.78, 5) is 19.3. The van der Waals surface area contributed by atoms with Crippen molar-refractivity contribution >= 4 is 28.2 Å². The molecule has 0 amide bonds. The van der Waals surface area contributed by atoms with E-state index in [9.17, 15) is 0 Å². The van der Waals surface area contributed by atoms with E-state index in [2.05, 4.69) is 15.2 Å². The number of fused-ring (bicyclic) bond motifs is 1. The van der Waals surface area contributed by atoms with Gasteiger partial charge in [-0.05, 0) is 87.6 Å². The van der Waals surface area contributed by atoms with E-state index in [0.29, 0.717) is 11.8 Å². The van der Waals surface area contributed by atoms with Crippen molar-refractivity contribution in [3.8, 4) is 0 Å². The van der Waals surface area contributed by atoms with E-state index >= 15 is 0 Å². The van der Waals surface area contributed by atoms with Gasteiger partial charge in [-0.2, -0.15) is 9.78 Å². The summed E-state index contributed by atoms with van der Waals surface area (Å²) in [6, 6.07) is 7.94. The van der Waals surface area contributed by atoms with Crippen LogP contribution in [0.3, 0.4) is 0 Å². The molecule has 194 valence electrons. The first-order valence-corrected chi connectivity index (χ1v) is 14.6. The van der Waals surface area contributed by atoms with Crippen molar-refractivity contribution in [2.45, 2.75) is 75.8 Å². The molecule has 1 aromatic heterocycles. The smallest absolute Gasteiger partial charge is 0.210 e. The average Bonchev–Trinajstić information content (AvgIpc) is 3.25. The van der Waals surface area contributed by atoms with Gasteiger partial charge in [-0.15, -0.1) is 0 Å². The van der Waals surface area contributed by atoms with Crippen molar-refractivity contribution in [1.82, 2.24) is 9.88 Å². The SMILES string of the molecule is Clc1ccc2c(NCCCCCN3CCC4(CC3)OOC3(O4)C4CC5CC(C4)CC3C5)ccnc2c1. The number of halogens is 1. The molecule has 2 spiro atoms. The zero-order chi connectivity index (χ0) is 24.2. The molecule has 0 atom stereocenters. The van der Waals surface area contributed by atoms with Gasteiger partial charge in [0.2, 0.25) is 11.6 Å². The standard InChI is InChI=1S/C29H38ClN3O3/c30-24-4-5-25-26(6-10-32-27(25)19-24)31-9-2-1-3-11-33-12-7-28(8-13-33)34-29(36-35-28)22-15-20-14-21(17-22)18-23(29)16-20/h4-6,10,19-23H,1-3,7-9,11-18H2,(H,31,32). The molecule has 7 heteroatoms. The van der Waals surface area contributed by atoms with Crippen LogP contribution in [-0.4, -0.2) is 47.6 Å². The number of unbranched alkanes of at least 4 members (excludes halogenated alkanes) is 2. The lowest BCUT2D eigenvalue weighted by Gasteiger charge is -2.57. The zero-order valence-corrected chi connectivity index (χ0v) is 21.8. The summed E-state index contributed by atoms with van der Waals surface area (Å²) >= 11 is 6.11. The highest BCUT2D eigenvalue weighted by molar-refractivity contribution is 6.31. The summed E-state index contributed by atoms with van der Waals surface area (Å²) < 4.78 is 6.85. The number of benzene rings is 1. The third-order valence-corrected chi connectivity index (χ3v) is 9.97. The summed E-state index contributed by atoms with van der Waals surface area (Å²) in [7, 11) is 0. The second-order valence-corrected chi connectivity index (χ2v) is 12.5. The highest BCUT2D eigenvalue weighted by Gasteiger charge is 2.66. The molecule has 2 aromatic rings. The van der Waals surface area contributed by atoms with Gasteiger partial charge < -0.3 is 15.0 Å². The maximum atomic E-state index is 6.85. The van der Waals surface area contributed by atoms with Crippen LogP contribution in [-0.2, 0) is 14.5 Å². The lowest BCUT2D eigenvalue weighted by Crippen LogP contribution is -2.59. The van der Waals surface area contributed by atoms with Gasteiger partial charge in [0.25, 0.3) is 0 Å². The fourth-order valence-electron chi connectivity index (χ4n) is 8.05. The van der Waals surface area contributed by atoms with Crippen molar-refractivity contribution in [2.75, 3.05) is 31.5 Å². The van der Waals surface area contributed by atoms with Crippen molar-refractivity contribution in [3.63, 3.8) is 0 Å². The number of nitrogens with zero attached hydrogens (tertiary/aromatic N) is 2. The van der Waals surface area contributed by atoms with E-state index in [-0.39, 0.29) is 0 Å². The molecule has 4 saturated carbocycles. The fourth-order valence-corrected chi connectivity index (χ4v) is 8.21. The molecule has 6 nitrogen and oxygen atoms in total. The minimum atomic E-state index is -0.507. The summed E-state index contributed by atoms with van der Waals surface area (Å²) in [6.07, 6.45) is 13.8. The first kappa shape index (κ1) is 23.7. The molecule has 36 heavy (non-hydrogen) atoms. The first-order valence-electron chi connectivity index (χ1n) is 14.2. The number of rotatable bonds is 7. The highest BCUT2D eigenvalue weighted by Crippen LogP contribution is 2.63. The number of piperidine rings is 1. The number of hydrogen-bond donors (Lipinski definition) is 1. The largest absolute Gasteiger partial charge is 0.384 e. The molecule has 4 aliphatic carbocycles. The van der Waals surface area contributed by atoms with Crippen LogP contribution in [0.5, 0.6) is 0 Å². The van der Waals surface area contributed by atoms with Crippen molar-refractivity contribution in [3.05, 3.63) is 35.5 Å². The Hall–Kier alpha value is -1.44. The predicted molar refractivity (Wildman–Crippen MR) is 141 cm³/mol. The van der Waals surface area contributed by atoms with E-state index in [1.54, 1.807) is 0 Å². The predicted octanol–water partition coefficient (Wildman–Crippen LogP) is 6.39. The van der Waals surface area contributed by atoms with E-state index in [4.69, 9.17) is 26.1 Å². The molecule has 3 heterocycles. The monoisotopic (exact) mass is 511 g/mol. The van der Waals surface area contributed by atoms with Gasteiger partial charge in [-0.25, -0.2) is 0 Å². The molecule has 0 radical (unpaired) electrons. The molecule has 6 aliphatic rings. The van der Waals surface area contributed by atoms with E-state index in [1.165, 1.54) is 44.9 Å². The fraction of sp³-hybridized carbons (Fsp3) is 0.690. The van der Waals surface area contributed by atoms with Crippen LogP contribution in [0.25, 0.3) is 10.9 Å². The molecule has 6 fully saturated rings. The summed E-state index contributed by atoms with van der Waals surface area (Å²) in [5, 5.41) is 5.43. The Kier molecular flexibility index (Phi) is 6.17. The van der Waals surface area contributed by atoms with Gasteiger partial charge in [0, 0.05) is 66.6 Å². The number of pyridine rings is 1. The van der Waals surface area contributed by atoms with Crippen LogP contribution in [0.2, 0.25) is 5.02 Å². The Morgan fingerprint density at radius 2 is 1.72 bits per heavy atom. The Morgan fingerprint density at radius 3 is 2.50 bits per heavy atom. The number of aromatic nitrogens is 1. The third kappa shape index (κ3) is 4.23. The van der Waals surface area contributed by atoms with Crippen LogP contribution in [0, 0.1) is 23.7 Å². The molecule has 4 bridgehead atoms. The Bertz CT molecular complexity index is 1070. The summed E-state index contributed by atoms with van der Waals surface area (Å²) in [5.41, 5.74) is 2.07. The van der Waals surface area contributed by atoms with Crippen LogP contribution >= 0.6 is 11.6 Å². The third-order valence-electron chi connectivity index (χ3n) is 9.73. The van der Waals surface area contributed by atoms with Gasteiger partial charge in [0.1, 0.15) is 0 Å². The molecule has 1 N–H and O–H groups in total. The molecule has 2 aliphatic heterocycles. The number of hydrogen-bond acceptors (Lipinski definition) is 6. The average molecular weight is 512 g/mol. The topological polar surface area (TPSA) is 55.9 Å². The quantitative estimate of drug-likeness (QED) is 0.343. The van der Waals surface area contributed by atoms with Crippen molar-refractivity contribution < 1.29 is 14.5 Å². The Balaban J connectivity index is 0.844. The maximum absolute atomic E-state index is 6.85. The number of ether oxygens (including phenoxy) is 1. The van der Waals surface area contributed by atoms with Crippen molar-refractivity contribution in [1.29, 1.82) is 0 Å². The molecule has 8 rings (SSSR count). The van der Waals surface area contributed by atoms with E-state index < -0.39 is 11.6 Å². The molecular weight excluding hydrogens is 474 g/mol. The minimum absolute atomic E-state index is 0.436. The summed E-state index contributed by atoms with van der Waals surface area (Å²) in [6.45, 7) is 4.18. The molecule has 1 aromatic carbocycles. The number of likely N-dealkylation sites (tertiary alicyclic amines) is 1. The van der Waals surface area contributed by atoms with E-state index in [0.717, 1.165) is 78.9 Å². The maximum Gasteiger partial charge on any atom is 0.210 e. The Labute approximate surface area is 218 Å². The van der Waals surface area contributed by atoms with Gasteiger partial charge in [0.05, 0.1) is 5.52 Å². The molecular formula is C29H38ClN3O3. The second-order valence-electron chi connectivity index (χ2n) is 12.1. The zero-order valence-electron chi connectivity index (χ0n) is 21.1. The van der Waals surface area contributed by atoms with Gasteiger partial charge in [-0.3, -0.25) is 4.98 Å². The summed E-state index contributed by atoms with van der Waals surface area (Å²) in [5.74, 6) is 1.96. The lowest BCUT2D eigenvalue weighted by atomic mass is 9.53. The van der Waals surface area contributed by atoms with Crippen LogP contribution in [0.1, 0.15) is 64.2 Å². The lowest BCUT2D eigenvalue weighted by molar-refractivity contribution is -0.390. The van der Waals surface area contributed by atoms with Crippen LogP contribution in [0.15, 0.2) is 30.5 Å². The van der Waals surface area contributed by atoms with Gasteiger partial charge in [-0.1, -0.05) is 18.0 Å². The first-order chi connectivity index (χ1) is 17.6. The second kappa shape index (κ2) is 9.39. The van der Waals surface area contributed by atoms with E-state index in [1.807, 2.05) is 30.5 Å². The molecule has 2 saturated heterocycles. The number of nitrogens with one attached hydrogen (secondary N) is 1. The highest BCUT2D eigenvalue weighted by atomic mass is 35.5. The normalized spacial score (nSPS) is 34.8. The van der Waals surface area contributed by atoms with Crippen molar-refractivity contribution in [2.24, 2.45) is 23.7 Å². The van der Waals surface area contributed by atoms with Gasteiger partial charge in [0.15, 0.2) is 0 Å². The van der Waals surface area contributed by atoms with Crippen LogP contribution in [0.4, 0.5) is 5.69 Å². The minimum Gasteiger partial charge on any atom is -0.384 e. The van der Waals surface area contributed by atoms with Crippen LogP contribution < -0.4 is 5.32 Å². The number of anilines is 1. The van der Waals surface area contributed by atoms with Gasteiger partial charge >= 0.3 is 0 Å². The molecule has 0 unspecified atom stereocenters.